The molecule has 2 aromatic heterocycles. The van der Waals surface area contributed by atoms with Gasteiger partial charge in [0.25, 0.3) is 0 Å². The lowest BCUT2D eigenvalue weighted by molar-refractivity contribution is -0.167. The minimum atomic E-state index is -0.862. The van der Waals surface area contributed by atoms with E-state index in [4.69, 9.17) is 19.5 Å². The Kier molecular flexibility index (Phi) is 35.9. The van der Waals surface area contributed by atoms with Crippen molar-refractivity contribution in [3.8, 4) is 6.07 Å². The molecule has 76 heavy (non-hydrogen) atoms. The molecule has 2 aromatic rings. The van der Waals surface area contributed by atoms with Crippen molar-refractivity contribution in [3.05, 3.63) is 18.6 Å². The number of unbranched alkanes of at least 4 members (excludes halogenated alkanes) is 27. The van der Waals surface area contributed by atoms with E-state index in [-0.39, 0.29) is 61.8 Å². The first-order chi connectivity index (χ1) is 37.0. The quantitative estimate of drug-likeness (QED) is 0.0349. The van der Waals surface area contributed by atoms with Gasteiger partial charge in [0.2, 0.25) is 11.8 Å². The third-order valence-corrected chi connectivity index (χ3v) is 15.5. The van der Waals surface area contributed by atoms with Gasteiger partial charge < -0.3 is 24.0 Å². The van der Waals surface area contributed by atoms with Gasteiger partial charge in [0, 0.05) is 52.0 Å². The van der Waals surface area contributed by atoms with Crippen LogP contribution in [-0.2, 0) is 33.4 Å². The van der Waals surface area contributed by atoms with Crippen LogP contribution in [0.5, 0.6) is 0 Å². The van der Waals surface area contributed by atoms with Gasteiger partial charge in [0.15, 0.2) is 11.8 Å². The van der Waals surface area contributed by atoms with Crippen LogP contribution in [0.4, 0.5) is 5.82 Å². The standard InChI is InChI=1S/C62H104N6O8/c1-6-8-10-12-14-16-18-20-22-24-26-28-34-38-58(71)74-48-53(49-75-59(72)39-35-29-27-25-23-21-19-17-15-13-11-9-7-2)76-60(73)46-51(3)36-32-30-31-33-37-57(70)68-45-42-54-61(64-50-65-62(54)68)66(5)55-47-67(44-41-52(55)4)56(69)40-43-63/h42,45,50-53,55H,6-41,44,46-49H2,1-5H3/t51?,52-,55+/m1/s1. The maximum absolute atomic E-state index is 13.4. The average molecular weight is 1060 g/mol. The number of aromatic nitrogens is 3. The zero-order valence-corrected chi connectivity index (χ0v) is 48.5. The lowest BCUT2D eigenvalue weighted by Crippen LogP contribution is -2.52. The van der Waals surface area contributed by atoms with E-state index >= 15 is 0 Å². The third-order valence-electron chi connectivity index (χ3n) is 15.5. The summed E-state index contributed by atoms with van der Waals surface area (Å²) in [6.45, 7) is 9.55. The number of nitrogens with zero attached hydrogens (tertiary/aromatic N) is 6. The van der Waals surface area contributed by atoms with Gasteiger partial charge in [-0.25, -0.2) is 9.97 Å². The minimum Gasteiger partial charge on any atom is -0.462 e. The number of hydrogen-bond donors (Lipinski definition) is 0. The topological polar surface area (TPSA) is 174 Å². The molecule has 430 valence electrons. The fourth-order valence-electron chi connectivity index (χ4n) is 10.6. The summed E-state index contributed by atoms with van der Waals surface area (Å²) in [6, 6.07) is 3.84. The first kappa shape index (κ1) is 65.7. The number of piperidine rings is 1. The highest BCUT2D eigenvalue weighted by Crippen LogP contribution is 2.30. The van der Waals surface area contributed by atoms with Crippen molar-refractivity contribution < 1.29 is 38.2 Å². The number of nitriles is 1. The molecule has 0 aliphatic carbocycles. The zero-order valence-electron chi connectivity index (χ0n) is 48.5. The Balaban J connectivity index is 1.37. The molecule has 1 aliphatic heterocycles. The highest BCUT2D eigenvalue weighted by molar-refractivity contribution is 5.95. The van der Waals surface area contributed by atoms with Gasteiger partial charge >= 0.3 is 17.9 Å². The molecule has 1 aliphatic rings. The molecule has 0 saturated carbocycles. The largest absolute Gasteiger partial charge is 0.462 e. The fraction of sp³-hybridized carbons (Fsp3) is 0.806. The molecule has 1 fully saturated rings. The molecular weight excluding hydrogens is 957 g/mol. The number of likely N-dealkylation sites (N-methyl/N-ethyl adjacent to an activating group) is 1. The summed E-state index contributed by atoms with van der Waals surface area (Å²) < 4.78 is 18.6. The number of likely N-dealkylation sites (tertiary alicyclic amines) is 1. The number of esters is 3. The van der Waals surface area contributed by atoms with Crippen LogP contribution in [-0.4, -0.2) is 94.7 Å². The number of carbonyl (C=O) groups is 5. The maximum Gasteiger partial charge on any atom is 0.306 e. The van der Waals surface area contributed by atoms with Crippen molar-refractivity contribution in [2.24, 2.45) is 11.8 Å². The van der Waals surface area contributed by atoms with Crippen molar-refractivity contribution >= 4 is 46.6 Å². The second-order valence-corrected chi connectivity index (χ2v) is 22.4. The van der Waals surface area contributed by atoms with Gasteiger partial charge in [-0.05, 0) is 43.6 Å². The molecule has 1 saturated heterocycles. The van der Waals surface area contributed by atoms with Crippen molar-refractivity contribution in [2.45, 2.75) is 277 Å². The minimum absolute atomic E-state index is 0.00114. The molecule has 0 spiro atoms. The number of amides is 1. The van der Waals surface area contributed by atoms with Crippen LogP contribution in [0.25, 0.3) is 11.0 Å². The van der Waals surface area contributed by atoms with E-state index in [1.165, 1.54) is 135 Å². The summed E-state index contributed by atoms with van der Waals surface area (Å²) in [5.41, 5.74) is 0.553. The van der Waals surface area contributed by atoms with Gasteiger partial charge in [0.1, 0.15) is 31.8 Å². The predicted molar refractivity (Wildman–Crippen MR) is 305 cm³/mol. The van der Waals surface area contributed by atoms with Crippen LogP contribution in [0.1, 0.15) is 270 Å². The van der Waals surface area contributed by atoms with Crippen LogP contribution in [0, 0.1) is 23.2 Å². The molecule has 1 unspecified atom stereocenters. The number of carbonyl (C=O) groups excluding carboxylic acids is 5. The lowest BCUT2D eigenvalue weighted by Gasteiger charge is -2.42. The number of hydrogen-bond acceptors (Lipinski definition) is 12. The summed E-state index contributed by atoms with van der Waals surface area (Å²) in [7, 11) is 1.96. The van der Waals surface area contributed by atoms with Crippen LogP contribution in [0.15, 0.2) is 18.6 Å². The summed E-state index contributed by atoms with van der Waals surface area (Å²) in [6.07, 6.45) is 40.4. The van der Waals surface area contributed by atoms with Crippen molar-refractivity contribution in [2.75, 3.05) is 38.3 Å². The van der Waals surface area contributed by atoms with Gasteiger partial charge in [0.05, 0.1) is 17.5 Å². The molecule has 14 heteroatoms. The Morgan fingerprint density at radius 2 is 1.13 bits per heavy atom. The van der Waals surface area contributed by atoms with E-state index in [0.29, 0.717) is 49.7 Å². The van der Waals surface area contributed by atoms with Crippen LogP contribution >= 0.6 is 0 Å². The molecule has 14 nitrogen and oxygen atoms in total. The Hall–Kier alpha value is -4.54. The number of ether oxygens (including phenoxy) is 3. The van der Waals surface area contributed by atoms with E-state index in [2.05, 4.69) is 35.6 Å². The van der Waals surface area contributed by atoms with Gasteiger partial charge in [-0.3, -0.25) is 28.5 Å². The summed E-state index contributed by atoms with van der Waals surface area (Å²) in [5, 5.41) is 9.83. The summed E-state index contributed by atoms with van der Waals surface area (Å²) in [4.78, 5) is 77.6. The molecule has 0 radical (unpaired) electrons. The lowest BCUT2D eigenvalue weighted by atomic mass is 9.92. The van der Waals surface area contributed by atoms with Crippen LogP contribution in [0.3, 0.4) is 0 Å². The number of anilines is 1. The Morgan fingerprint density at radius 1 is 0.658 bits per heavy atom. The molecule has 3 rings (SSSR count). The molecule has 3 atom stereocenters. The van der Waals surface area contributed by atoms with Crippen LogP contribution in [0.2, 0.25) is 0 Å². The van der Waals surface area contributed by atoms with Gasteiger partial charge in [-0.15, -0.1) is 0 Å². The van der Waals surface area contributed by atoms with E-state index in [0.717, 1.165) is 82.4 Å². The van der Waals surface area contributed by atoms with E-state index in [1.807, 2.05) is 26.1 Å². The molecule has 1 amide bonds. The molecule has 0 N–H and O–H groups in total. The Bertz CT molecular complexity index is 1900. The number of rotatable bonds is 45. The first-order valence-electron chi connectivity index (χ1n) is 30.7. The second kappa shape index (κ2) is 41.5. The Morgan fingerprint density at radius 3 is 1.63 bits per heavy atom. The zero-order chi connectivity index (χ0) is 55.0. The number of fused-ring (bicyclic) bond motifs is 1. The predicted octanol–water partition coefficient (Wildman–Crippen LogP) is 15.0. The van der Waals surface area contributed by atoms with Crippen molar-refractivity contribution in [1.82, 2.24) is 19.4 Å². The smallest absolute Gasteiger partial charge is 0.306 e. The third kappa shape index (κ3) is 28.2. The summed E-state index contributed by atoms with van der Waals surface area (Å²) in [5.74, 6) is -0.185. The fourth-order valence-corrected chi connectivity index (χ4v) is 10.6. The summed E-state index contributed by atoms with van der Waals surface area (Å²) >= 11 is 0. The maximum atomic E-state index is 13.4. The monoisotopic (exact) mass is 1060 g/mol. The van der Waals surface area contributed by atoms with Crippen LogP contribution < -0.4 is 4.90 Å². The first-order valence-corrected chi connectivity index (χ1v) is 30.7. The van der Waals surface area contributed by atoms with Gasteiger partial charge in [-0.1, -0.05) is 207 Å². The van der Waals surface area contributed by atoms with E-state index in [1.54, 1.807) is 15.7 Å². The molecular formula is C62H104N6O8. The second-order valence-electron chi connectivity index (χ2n) is 22.4. The molecule has 3 heterocycles. The van der Waals surface area contributed by atoms with Crippen molar-refractivity contribution in [3.63, 3.8) is 0 Å². The highest BCUT2D eigenvalue weighted by Gasteiger charge is 2.33. The molecule has 0 bridgehead atoms. The van der Waals surface area contributed by atoms with Crippen molar-refractivity contribution in [1.29, 1.82) is 5.26 Å². The van der Waals surface area contributed by atoms with Gasteiger partial charge in [-0.2, -0.15) is 5.26 Å². The Labute approximate surface area is 459 Å². The van der Waals surface area contributed by atoms with E-state index < -0.39 is 12.1 Å². The normalized spacial score (nSPS) is 14.9. The highest BCUT2D eigenvalue weighted by atomic mass is 16.6. The van der Waals surface area contributed by atoms with E-state index in [9.17, 15) is 24.0 Å². The SMILES string of the molecule is CCCCCCCCCCCCCCCC(=O)OCC(COC(=O)CCCCCCCCCCCCCCC)OC(=O)CC(C)CCCCCCC(=O)n1ccc2c(N(C)[C@H]3CN(C(=O)CC#N)CC[C@H]3C)ncnc21. The molecule has 0 aromatic carbocycles. The average Bonchev–Trinajstić information content (AvgIpc) is 3.85.